The normalized spacial score (nSPS) is 15.3. The van der Waals surface area contributed by atoms with Crippen LogP contribution >= 0.6 is 35.3 Å². The van der Waals surface area contributed by atoms with Crippen molar-refractivity contribution in [3.05, 3.63) is 53.0 Å². The zero-order valence-corrected chi connectivity index (χ0v) is 20.9. The fraction of sp³-hybridized carbons (Fsp3) is 0.435. The number of piperidine rings is 1. The maximum Gasteiger partial charge on any atom is 0.191 e. The molecule has 0 unspecified atom stereocenters. The van der Waals surface area contributed by atoms with Gasteiger partial charge in [0.2, 0.25) is 0 Å². The van der Waals surface area contributed by atoms with Crippen molar-refractivity contribution in [1.82, 2.24) is 15.6 Å². The van der Waals surface area contributed by atoms with E-state index in [1.54, 1.807) is 0 Å². The number of hydrogen-bond acceptors (Lipinski definition) is 3. The molecule has 7 heteroatoms. The number of benzene rings is 1. The number of nitrogens with one attached hydrogen (secondary N) is 3. The van der Waals surface area contributed by atoms with Crippen LogP contribution in [0.1, 0.15) is 30.9 Å². The highest BCUT2D eigenvalue weighted by molar-refractivity contribution is 14.0. The SMILES string of the molecule is CCNC(=NCCc1c[nH]c2cc(C)ccc12)NC1CCN(c2cccs2)CC1.I. The summed E-state index contributed by atoms with van der Waals surface area (Å²) >= 11 is 1.83. The van der Waals surface area contributed by atoms with Gasteiger partial charge in [0.1, 0.15) is 0 Å². The van der Waals surface area contributed by atoms with Gasteiger partial charge in [-0.25, -0.2) is 0 Å². The summed E-state index contributed by atoms with van der Waals surface area (Å²) in [5.74, 6) is 0.942. The number of H-pyrrole nitrogens is 1. The van der Waals surface area contributed by atoms with E-state index in [0.717, 1.165) is 51.4 Å². The van der Waals surface area contributed by atoms with Crippen molar-refractivity contribution >= 4 is 57.2 Å². The molecule has 30 heavy (non-hydrogen) atoms. The molecule has 0 bridgehead atoms. The van der Waals surface area contributed by atoms with Crippen molar-refractivity contribution in [2.45, 2.75) is 39.2 Å². The van der Waals surface area contributed by atoms with Crippen LogP contribution in [-0.4, -0.2) is 43.2 Å². The van der Waals surface area contributed by atoms with E-state index in [9.17, 15) is 0 Å². The first kappa shape index (κ1) is 22.9. The topological polar surface area (TPSA) is 55.5 Å². The van der Waals surface area contributed by atoms with Crippen LogP contribution in [0.15, 0.2) is 46.9 Å². The number of nitrogens with zero attached hydrogens (tertiary/aromatic N) is 2. The minimum Gasteiger partial charge on any atom is -0.363 e. The number of thiophene rings is 1. The first-order chi connectivity index (χ1) is 14.2. The van der Waals surface area contributed by atoms with Crippen molar-refractivity contribution in [3.8, 4) is 0 Å². The van der Waals surface area contributed by atoms with Gasteiger partial charge in [0.15, 0.2) is 5.96 Å². The van der Waals surface area contributed by atoms with Crippen LogP contribution in [0.25, 0.3) is 10.9 Å². The molecule has 1 fully saturated rings. The standard InChI is InChI=1S/C23H31N5S.HI/c1-3-24-23(27-19-9-12-28(13-10-19)22-5-4-14-29-22)25-11-8-18-16-26-21-15-17(2)6-7-20(18)21;/h4-7,14-16,19,26H,3,8-13H2,1-2H3,(H2,24,25,27);1H. The minimum absolute atomic E-state index is 0. The fourth-order valence-electron chi connectivity index (χ4n) is 4.00. The average molecular weight is 538 g/mol. The lowest BCUT2D eigenvalue weighted by Crippen LogP contribution is -2.48. The van der Waals surface area contributed by atoms with Gasteiger partial charge in [-0.05, 0) is 67.8 Å². The average Bonchev–Trinajstić information content (AvgIpc) is 3.39. The number of aromatic amines is 1. The highest BCUT2D eigenvalue weighted by Gasteiger charge is 2.20. The van der Waals surface area contributed by atoms with E-state index in [-0.39, 0.29) is 24.0 Å². The van der Waals surface area contributed by atoms with Crippen molar-refractivity contribution in [2.75, 3.05) is 31.1 Å². The molecule has 3 N–H and O–H groups in total. The Labute approximate surface area is 200 Å². The Morgan fingerprint density at radius 3 is 2.83 bits per heavy atom. The minimum atomic E-state index is 0. The molecule has 1 aromatic carbocycles. The van der Waals surface area contributed by atoms with Crippen LogP contribution < -0.4 is 15.5 Å². The molecule has 0 radical (unpaired) electrons. The Morgan fingerprint density at radius 1 is 1.27 bits per heavy atom. The van der Waals surface area contributed by atoms with Gasteiger partial charge in [-0.1, -0.05) is 12.1 Å². The number of fused-ring (bicyclic) bond motifs is 1. The maximum absolute atomic E-state index is 4.84. The second kappa shape index (κ2) is 11.0. The summed E-state index contributed by atoms with van der Waals surface area (Å²) < 4.78 is 0. The van der Waals surface area contributed by atoms with Crippen LogP contribution in [0.5, 0.6) is 0 Å². The number of hydrogen-bond donors (Lipinski definition) is 3. The lowest BCUT2D eigenvalue weighted by atomic mass is 10.1. The van der Waals surface area contributed by atoms with Crippen molar-refractivity contribution in [2.24, 2.45) is 4.99 Å². The van der Waals surface area contributed by atoms with Gasteiger partial charge in [-0.2, -0.15) is 0 Å². The molecule has 162 valence electrons. The third-order valence-electron chi connectivity index (χ3n) is 5.57. The van der Waals surface area contributed by atoms with Gasteiger partial charge in [0.25, 0.3) is 0 Å². The molecular weight excluding hydrogens is 505 g/mol. The Balaban J connectivity index is 0.00000256. The quantitative estimate of drug-likeness (QED) is 0.238. The summed E-state index contributed by atoms with van der Waals surface area (Å²) in [6.07, 6.45) is 5.35. The number of halogens is 1. The summed E-state index contributed by atoms with van der Waals surface area (Å²) in [5.41, 5.74) is 3.84. The Kier molecular flexibility index (Phi) is 8.44. The number of aryl methyl sites for hydroxylation is 1. The second-order valence-corrected chi connectivity index (χ2v) is 8.66. The molecule has 0 atom stereocenters. The molecule has 1 aliphatic heterocycles. The predicted octanol–water partition coefficient (Wildman–Crippen LogP) is 4.92. The van der Waals surface area contributed by atoms with E-state index in [4.69, 9.17) is 4.99 Å². The smallest absolute Gasteiger partial charge is 0.191 e. The fourth-order valence-corrected chi connectivity index (χ4v) is 4.79. The molecule has 1 saturated heterocycles. The Bertz CT molecular complexity index is 942. The lowest BCUT2D eigenvalue weighted by Gasteiger charge is -2.33. The molecule has 0 amide bonds. The van der Waals surface area contributed by atoms with Crippen LogP contribution in [0.2, 0.25) is 0 Å². The van der Waals surface area contributed by atoms with Crippen molar-refractivity contribution < 1.29 is 0 Å². The number of guanidine groups is 1. The van der Waals surface area contributed by atoms with E-state index in [0.29, 0.717) is 6.04 Å². The number of aromatic nitrogens is 1. The first-order valence-corrected chi connectivity index (χ1v) is 11.5. The zero-order valence-electron chi connectivity index (χ0n) is 17.8. The molecule has 3 heterocycles. The van der Waals surface area contributed by atoms with Crippen LogP contribution in [-0.2, 0) is 6.42 Å². The lowest BCUT2D eigenvalue weighted by molar-refractivity contribution is 0.463. The summed E-state index contributed by atoms with van der Waals surface area (Å²) in [4.78, 5) is 10.7. The first-order valence-electron chi connectivity index (χ1n) is 10.6. The molecular formula is C23H32IN5S. The zero-order chi connectivity index (χ0) is 20.1. The van der Waals surface area contributed by atoms with Gasteiger partial charge in [-0.3, -0.25) is 4.99 Å². The highest BCUT2D eigenvalue weighted by atomic mass is 127. The molecule has 1 aliphatic rings. The van der Waals surface area contributed by atoms with Gasteiger partial charge < -0.3 is 20.5 Å². The summed E-state index contributed by atoms with van der Waals surface area (Å²) in [5, 5.41) is 11.9. The van der Waals surface area contributed by atoms with Crippen molar-refractivity contribution in [1.29, 1.82) is 0 Å². The number of rotatable bonds is 6. The Hall–Kier alpha value is -1.74. The molecule has 3 aromatic rings. The van der Waals surface area contributed by atoms with Gasteiger partial charge in [0.05, 0.1) is 5.00 Å². The number of aliphatic imine (C=N–C) groups is 1. The van der Waals surface area contributed by atoms with Gasteiger partial charge in [-0.15, -0.1) is 35.3 Å². The molecule has 4 rings (SSSR count). The third-order valence-corrected chi connectivity index (χ3v) is 6.50. The monoisotopic (exact) mass is 537 g/mol. The van der Waals surface area contributed by atoms with Crippen LogP contribution in [0.4, 0.5) is 5.00 Å². The third kappa shape index (κ3) is 5.69. The highest BCUT2D eigenvalue weighted by Crippen LogP contribution is 2.25. The summed E-state index contributed by atoms with van der Waals surface area (Å²) in [6, 6.07) is 11.4. The molecule has 0 spiro atoms. The largest absolute Gasteiger partial charge is 0.363 e. The Morgan fingerprint density at radius 2 is 2.10 bits per heavy atom. The van der Waals surface area contributed by atoms with Crippen molar-refractivity contribution in [3.63, 3.8) is 0 Å². The molecule has 0 saturated carbocycles. The molecule has 5 nitrogen and oxygen atoms in total. The molecule has 2 aromatic heterocycles. The maximum atomic E-state index is 4.84. The van der Waals surface area contributed by atoms with Gasteiger partial charge in [0, 0.05) is 49.3 Å². The van der Waals surface area contributed by atoms with E-state index < -0.39 is 0 Å². The van der Waals surface area contributed by atoms with Crippen LogP contribution in [0.3, 0.4) is 0 Å². The second-order valence-electron chi connectivity index (χ2n) is 7.73. The number of anilines is 1. The summed E-state index contributed by atoms with van der Waals surface area (Å²) in [6.45, 7) is 8.12. The molecule has 0 aliphatic carbocycles. The predicted molar refractivity (Wildman–Crippen MR) is 141 cm³/mol. The van der Waals surface area contributed by atoms with E-state index in [1.807, 2.05) is 11.3 Å². The van der Waals surface area contributed by atoms with E-state index >= 15 is 0 Å². The van der Waals surface area contributed by atoms with E-state index in [2.05, 4.69) is 76.3 Å². The van der Waals surface area contributed by atoms with Gasteiger partial charge >= 0.3 is 0 Å². The van der Waals surface area contributed by atoms with E-state index in [1.165, 1.54) is 27.0 Å². The van der Waals surface area contributed by atoms with Crippen LogP contribution in [0, 0.1) is 6.92 Å². The summed E-state index contributed by atoms with van der Waals surface area (Å²) in [7, 11) is 0.